The summed E-state index contributed by atoms with van der Waals surface area (Å²) in [7, 11) is 0. The third kappa shape index (κ3) is 16.4. The summed E-state index contributed by atoms with van der Waals surface area (Å²) < 4.78 is 7.71. The average Bonchev–Trinajstić information content (AvgIpc) is 2.45. The Morgan fingerprint density at radius 2 is 1.60 bits per heavy atom. The second-order valence-electron chi connectivity index (χ2n) is 4.68. The van der Waals surface area contributed by atoms with Gasteiger partial charge in [-0.25, -0.2) is 0 Å². The molecule has 112 valence electrons. The molecule has 0 radical (unpaired) electrons. The summed E-state index contributed by atoms with van der Waals surface area (Å²) >= 11 is 0. The lowest BCUT2D eigenvalue weighted by Gasteiger charge is -1.91. The van der Waals surface area contributed by atoms with Crippen LogP contribution in [0.15, 0.2) is 48.6 Å². The predicted molar refractivity (Wildman–Crippen MR) is 86.8 cm³/mol. The summed E-state index contributed by atoms with van der Waals surface area (Å²) in [5.74, 6) is -0.727. The molecule has 0 bridgehead atoms. The van der Waals surface area contributed by atoms with Gasteiger partial charge in [-0.15, -0.1) is 0 Å². The highest BCUT2D eigenvalue weighted by Crippen LogP contribution is 2.01. The molecule has 0 aliphatic rings. The fraction of sp³-hybridized carbons (Fsp3) is 0.500. The second kappa shape index (κ2) is 15.5. The number of hydrogen-bond donors (Lipinski definition) is 1. The van der Waals surface area contributed by atoms with Crippen molar-refractivity contribution in [2.45, 2.75) is 58.3 Å². The Labute approximate surface area is 125 Å². The van der Waals surface area contributed by atoms with Crippen LogP contribution in [0.3, 0.4) is 0 Å². The van der Waals surface area contributed by atoms with Gasteiger partial charge in [0.1, 0.15) is 0 Å². The molecule has 0 aliphatic heterocycles. The first kappa shape index (κ1) is 16.5. The van der Waals surface area contributed by atoms with Crippen molar-refractivity contribution in [3.63, 3.8) is 0 Å². The molecule has 0 unspecified atom stereocenters. The minimum atomic E-state index is -0.727. The van der Waals surface area contributed by atoms with E-state index < -0.39 is 5.97 Å². The Morgan fingerprint density at radius 3 is 2.30 bits per heavy atom. The van der Waals surface area contributed by atoms with E-state index in [4.69, 9.17) is 6.48 Å². The number of unbranched alkanes of at least 4 members (excludes halogenated alkanes) is 5. The van der Waals surface area contributed by atoms with Gasteiger partial charge in [-0.2, -0.15) is 0 Å². The number of rotatable bonds is 12. The molecule has 0 saturated heterocycles. The molecule has 0 spiro atoms. The van der Waals surface area contributed by atoms with Crippen LogP contribution in [0.4, 0.5) is 0 Å². The van der Waals surface area contributed by atoms with Gasteiger partial charge in [0.25, 0.3) is 0 Å². The van der Waals surface area contributed by atoms with Gasteiger partial charge in [-0.05, 0) is 32.1 Å². The van der Waals surface area contributed by atoms with Gasteiger partial charge in [0.2, 0.25) is 0 Å². The minimum Gasteiger partial charge on any atom is -0.481 e. The number of carbonyl (C=O) groups is 1. The molecule has 1 N–H and O–H groups in total. The maximum absolute atomic E-state index is 10.3. The van der Waals surface area contributed by atoms with E-state index in [1.165, 1.54) is 19.3 Å². The molecule has 0 aliphatic carbocycles. The zero-order valence-corrected chi connectivity index (χ0v) is 12.6. The SMILES string of the molecule is [2H]C(/C=C\CCCCC)=C\C=C\C=C/CCCCC(=O)O. The van der Waals surface area contributed by atoms with Crippen LogP contribution >= 0.6 is 0 Å². The van der Waals surface area contributed by atoms with Gasteiger partial charge in [-0.3, -0.25) is 4.79 Å². The van der Waals surface area contributed by atoms with E-state index in [1.54, 1.807) is 6.08 Å². The van der Waals surface area contributed by atoms with Gasteiger partial charge in [-0.1, -0.05) is 68.3 Å². The van der Waals surface area contributed by atoms with Gasteiger partial charge in [0, 0.05) is 6.42 Å². The van der Waals surface area contributed by atoms with Crippen LogP contribution in [0.2, 0.25) is 0 Å². The van der Waals surface area contributed by atoms with Crippen molar-refractivity contribution in [2.75, 3.05) is 0 Å². The number of allylic oxidation sites excluding steroid dienone is 8. The standard InChI is InChI=1S/C18H28O2/c1-2-3-4-5-6-7-8-9-10-11-12-13-14-15-16-17-18(19)20/h6-13H,2-5,14-17H2,1H3,(H,19,20)/b7-6-,9-8+,11-10+,13-12-/i8D. The zero-order valence-electron chi connectivity index (χ0n) is 13.6. The predicted octanol–water partition coefficient (Wildman–Crippen LogP) is 5.44. The highest BCUT2D eigenvalue weighted by atomic mass is 16.4. The molecule has 0 fully saturated rings. The van der Waals surface area contributed by atoms with Crippen molar-refractivity contribution in [3.8, 4) is 0 Å². The third-order valence-corrected chi connectivity index (χ3v) is 2.75. The van der Waals surface area contributed by atoms with Gasteiger partial charge in [0.05, 0.1) is 1.37 Å². The quantitative estimate of drug-likeness (QED) is 0.381. The summed E-state index contributed by atoms with van der Waals surface area (Å²) in [6.07, 6.45) is 20.9. The monoisotopic (exact) mass is 277 g/mol. The molecule has 0 rings (SSSR count). The second-order valence-corrected chi connectivity index (χ2v) is 4.68. The molecule has 0 saturated carbocycles. The summed E-state index contributed by atoms with van der Waals surface area (Å²) in [5, 5.41) is 8.48. The van der Waals surface area contributed by atoms with Crippen molar-refractivity contribution < 1.29 is 11.3 Å². The van der Waals surface area contributed by atoms with E-state index in [2.05, 4.69) is 13.0 Å². The van der Waals surface area contributed by atoms with Crippen LogP contribution in [0.5, 0.6) is 0 Å². The number of hydrogen-bond acceptors (Lipinski definition) is 1. The van der Waals surface area contributed by atoms with Gasteiger partial charge >= 0.3 is 5.97 Å². The third-order valence-electron chi connectivity index (χ3n) is 2.75. The molecule has 0 aromatic heterocycles. The van der Waals surface area contributed by atoms with Crippen LogP contribution in [-0.4, -0.2) is 11.1 Å². The smallest absolute Gasteiger partial charge is 0.303 e. The summed E-state index contributed by atoms with van der Waals surface area (Å²) in [5.41, 5.74) is 0. The van der Waals surface area contributed by atoms with E-state index in [0.717, 1.165) is 25.7 Å². The lowest BCUT2D eigenvalue weighted by atomic mass is 10.2. The molecular weight excluding hydrogens is 248 g/mol. The lowest BCUT2D eigenvalue weighted by Crippen LogP contribution is -1.92. The maximum Gasteiger partial charge on any atom is 0.303 e. The molecule has 0 aromatic rings. The Balaban J connectivity index is 3.71. The van der Waals surface area contributed by atoms with Crippen molar-refractivity contribution in [1.29, 1.82) is 0 Å². The first-order chi connectivity index (χ1) is 10.2. The van der Waals surface area contributed by atoms with Crippen molar-refractivity contribution in [2.24, 2.45) is 0 Å². The Morgan fingerprint density at radius 1 is 0.950 bits per heavy atom. The summed E-state index contributed by atoms with van der Waals surface area (Å²) in [6, 6.07) is 0.512. The molecule has 0 amide bonds. The molecular formula is C18H28O2. The number of carboxylic acids is 1. The minimum absolute atomic E-state index is 0.249. The molecule has 2 heteroatoms. The van der Waals surface area contributed by atoms with Crippen LogP contribution in [-0.2, 0) is 4.79 Å². The zero-order chi connectivity index (χ0) is 15.8. The fourth-order valence-corrected chi connectivity index (χ4v) is 1.61. The van der Waals surface area contributed by atoms with Crippen LogP contribution < -0.4 is 0 Å². The van der Waals surface area contributed by atoms with E-state index in [1.807, 2.05) is 30.4 Å². The molecule has 0 heterocycles. The van der Waals surface area contributed by atoms with Gasteiger partial charge in [0.15, 0.2) is 0 Å². The largest absolute Gasteiger partial charge is 0.481 e. The first-order valence-electron chi connectivity index (χ1n) is 8.05. The molecule has 0 aromatic carbocycles. The van der Waals surface area contributed by atoms with Crippen molar-refractivity contribution in [1.82, 2.24) is 0 Å². The molecule has 0 atom stereocenters. The first-order valence-corrected chi connectivity index (χ1v) is 7.55. The number of carboxylic acid groups (broad SMARTS) is 1. The fourth-order valence-electron chi connectivity index (χ4n) is 1.61. The topological polar surface area (TPSA) is 37.3 Å². The normalized spacial score (nSPS) is 13.7. The van der Waals surface area contributed by atoms with E-state index in [0.29, 0.717) is 6.05 Å². The Bertz CT molecular complexity index is 379. The molecule has 2 nitrogen and oxygen atoms in total. The maximum atomic E-state index is 10.3. The average molecular weight is 277 g/mol. The van der Waals surface area contributed by atoms with E-state index in [9.17, 15) is 4.79 Å². The highest BCUT2D eigenvalue weighted by molar-refractivity contribution is 5.66. The number of aliphatic carboxylic acids is 1. The van der Waals surface area contributed by atoms with E-state index in [-0.39, 0.29) is 6.42 Å². The van der Waals surface area contributed by atoms with E-state index >= 15 is 0 Å². The summed E-state index contributed by atoms with van der Waals surface area (Å²) in [4.78, 5) is 10.3. The Kier molecular flexibility index (Phi) is 12.8. The molecule has 20 heavy (non-hydrogen) atoms. The van der Waals surface area contributed by atoms with Crippen molar-refractivity contribution >= 4 is 5.97 Å². The van der Waals surface area contributed by atoms with Crippen LogP contribution in [0.25, 0.3) is 0 Å². The van der Waals surface area contributed by atoms with Crippen molar-refractivity contribution in [3.05, 3.63) is 48.6 Å². The van der Waals surface area contributed by atoms with Crippen LogP contribution in [0.1, 0.15) is 59.7 Å². The lowest BCUT2D eigenvalue weighted by molar-refractivity contribution is -0.137. The Hall–Kier alpha value is -1.57. The van der Waals surface area contributed by atoms with Crippen LogP contribution in [0, 0.1) is 0 Å². The van der Waals surface area contributed by atoms with Gasteiger partial charge < -0.3 is 5.11 Å². The summed E-state index contributed by atoms with van der Waals surface area (Å²) in [6.45, 7) is 2.18. The highest BCUT2D eigenvalue weighted by Gasteiger charge is 1.93.